The van der Waals surface area contributed by atoms with Crippen molar-refractivity contribution in [1.29, 1.82) is 0 Å². The summed E-state index contributed by atoms with van der Waals surface area (Å²) >= 11 is 1.75. The molecule has 0 fully saturated rings. The fourth-order valence-electron chi connectivity index (χ4n) is 1.49. The molecular weight excluding hydrogens is 248 g/mol. The molecule has 94 valence electrons. The third-order valence-corrected chi connectivity index (χ3v) is 2.97. The Morgan fingerprint density at radius 2 is 2.11 bits per heavy atom. The van der Waals surface area contributed by atoms with Gasteiger partial charge in [-0.05, 0) is 30.9 Å². The molecule has 0 aliphatic rings. The van der Waals surface area contributed by atoms with E-state index >= 15 is 0 Å². The first-order valence-electron chi connectivity index (χ1n) is 5.47. The van der Waals surface area contributed by atoms with Gasteiger partial charge in [0.25, 0.3) is 5.91 Å². The number of carbonyl (C=O) groups excluding carboxylic acids is 1. The monoisotopic (exact) mass is 262 g/mol. The Labute approximate surface area is 109 Å². The van der Waals surface area contributed by atoms with Crippen LogP contribution in [0.4, 0.5) is 5.95 Å². The number of aryl methyl sites for hydroxylation is 1. The van der Waals surface area contributed by atoms with Crippen LogP contribution in [0.5, 0.6) is 0 Å². The molecule has 1 heterocycles. The molecule has 1 amide bonds. The molecule has 0 aliphatic carbocycles. The van der Waals surface area contributed by atoms with E-state index in [1.54, 1.807) is 30.8 Å². The van der Waals surface area contributed by atoms with Crippen LogP contribution >= 0.6 is 11.8 Å². The normalized spacial score (nSPS) is 10.3. The number of benzene rings is 1. The molecule has 0 aliphatic heterocycles. The summed E-state index contributed by atoms with van der Waals surface area (Å²) in [6, 6.07) is 7.52. The first-order valence-corrected chi connectivity index (χ1v) is 6.86. The number of aromatic nitrogens is 3. The van der Waals surface area contributed by atoms with E-state index in [2.05, 4.69) is 20.5 Å². The largest absolute Gasteiger partial charge is 0.289 e. The zero-order valence-corrected chi connectivity index (χ0v) is 11.0. The standard InChI is InChI=1S/C12H14N4OS/c1-8-13-12(16-15-8)14-11(17)10-5-3-9(4-6-10)7-18-2/h3-6H,7H2,1-2H3,(H2,13,14,15,16,17). The molecule has 0 spiro atoms. The molecule has 0 bridgehead atoms. The van der Waals surface area contributed by atoms with Crippen LogP contribution in [0.1, 0.15) is 21.7 Å². The van der Waals surface area contributed by atoms with Gasteiger partial charge >= 0.3 is 0 Å². The second-order valence-electron chi connectivity index (χ2n) is 3.83. The average Bonchev–Trinajstić information content (AvgIpc) is 2.76. The SMILES string of the molecule is CSCc1ccc(C(=O)Nc2n[nH]c(C)n2)cc1. The molecule has 6 heteroatoms. The molecule has 2 rings (SSSR count). The predicted octanol–water partition coefficient (Wildman–Crippen LogP) is 2.23. The minimum absolute atomic E-state index is 0.204. The predicted molar refractivity (Wildman–Crippen MR) is 72.7 cm³/mol. The van der Waals surface area contributed by atoms with Crippen LogP contribution in [-0.2, 0) is 5.75 Å². The summed E-state index contributed by atoms with van der Waals surface area (Å²) in [5.41, 5.74) is 1.80. The van der Waals surface area contributed by atoms with Crippen molar-refractivity contribution in [2.45, 2.75) is 12.7 Å². The van der Waals surface area contributed by atoms with Crippen LogP contribution in [0.3, 0.4) is 0 Å². The van der Waals surface area contributed by atoms with Crippen molar-refractivity contribution < 1.29 is 4.79 Å². The van der Waals surface area contributed by atoms with Gasteiger partial charge in [-0.25, -0.2) is 0 Å². The lowest BCUT2D eigenvalue weighted by molar-refractivity contribution is 0.102. The first kappa shape index (κ1) is 12.6. The number of anilines is 1. The highest BCUT2D eigenvalue weighted by molar-refractivity contribution is 7.97. The van der Waals surface area contributed by atoms with Crippen molar-refractivity contribution in [2.75, 3.05) is 11.6 Å². The third-order valence-electron chi connectivity index (χ3n) is 2.35. The Hall–Kier alpha value is -1.82. The van der Waals surface area contributed by atoms with Gasteiger partial charge in [0.05, 0.1) is 0 Å². The van der Waals surface area contributed by atoms with E-state index in [1.165, 1.54) is 5.56 Å². The van der Waals surface area contributed by atoms with Crippen molar-refractivity contribution in [3.63, 3.8) is 0 Å². The third kappa shape index (κ3) is 3.10. The van der Waals surface area contributed by atoms with E-state index in [4.69, 9.17) is 0 Å². The Kier molecular flexibility index (Phi) is 3.99. The van der Waals surface area contributed by atoms with Gasteiger partial charge in [-0.15, -0.1) is 5.10 Å². The summed E-state index contributed by atoms with van der Waals surface area (Å²) in [4.78, 5) is 15.9. The quantitative estimate of drug-likeness (QED) is 0.886. The van der Waals surface area contributed by atoms with Crippen LogP contribution in [0, 0.1) is 6.92 Å². The van der Waals surface area contributed by atoms with Gasteiger partial charge in [0.2, 0.25) is 5.95 Å². The lowest BCUT2D eigenvalue weighted by atomic mass is 10.1. The fourth-order valence-corrected chi connectivity index (χ4v) is 2.02. The Morgan fingerprint density at radius 3 is 2.67 bits per heavy atom. The molecule has 1 aromatic heterocycles. The van der Waals surface area contributed by atoms with Crippen LogP contribution in [0.25, 0.3) is 0 Å². The maximum atomic E-state index is 11.9. The van der Waals surface area contributed by atoms with E-state index in [0.717, 1.165) is 5.75 Å². The molecule has 2 aromatic rings. The van der Waals surface area contributed by atoms with Crippen molar-refractivity contribution in [3.05, 3.63) is 41.2 Å². The minimum Gasteiger partial charge on any atom is -0.289 e. The highest BCUT2D eigenvalue weighted by Crippen LogP contribution is 2.11. The van der Waals surface area contributed by atoms with Gasteiger partial charge in [-0.3, -0.25) is 15.2 Å². The molecular formula is C12H14N4OS. The van der Waals surface area contributed by atoms with Crippen molar-refractivity contribution >= 4 is 23.6 Å². The zero-order chi connectivity index (χ0) is 13.0. The molecule has 1 aromatic carbocycles. The summed E-state index contributed by atoms with van der Waals surface area (Å²) in [5, 5.41) is 9.16. The number of aromatic amines is 1. The van der Waals surface area contributed by atoms with Crippen LogP contribution < -0.4 is 5.32 Å². The number of nitrogens with one attached hydrogen (secondary N) is 2. The maximum Gasteiger partial charge on any atom is 0.258 e. The minimum atomic E-state index is -0.204. The van der Waals surface area contributed by atoms with Gasteiger partial charge in [0.15, 0.2) is 0 Å². The van der Waals surface area contributed by atoms with Gasteiger partial charge in [0.1, 0.15) is 5.82 Å². The van der Waals surface area contributed by atoms with E-state index in [0.29, 0.717) is 17.3 Å². The lowest BCUT2D eigenvalue weighted by Gasteiger charge is -2.02. The molecule has 5 nitrogen and oxygen atoms in total. The highest BCUT2D eigenvalue weighted by Gasteiger charge is 2.08. The number of hydrogen-bond acceptors (Lipinski definition) is 4. The number of H-pyrrole nitrogens is 1. The molecule has 0 saturated carbocycles. The smallest absolute Gasteiger partial charge is 0.258 e. The van der Waals surface area contributed by atoms with E-state index in [9.17, 15) is 4.79 Å². The number of hydrogen-bond donors (Lipinski definition) is 2. The van der Waals surface area contributed by atoms with E-state index < -0.39 is 0 Å². The van der Waals surface area contributed by atoms with Gasteiger partial charge in [-0.2, -0.15) is 16.7 Å². The number of amides is 1. The average molecular weight is 262 g/mol. The Bertz CT molecular complexity index is 535. The van der Waals surface area contributed by atoms with Gasteiger partial charge < -0.3 is 0 Å². The van der Waals surface area contributed by atoms with Gasteiger partial charge in [0, 0.05) is 11.3 Å². The zero-order valence-electron chi connectivity index (χ0n) is 10.2. The number of rotatable bonds is 4. The highest BCUT2D eigenvalue weighted by atomic mass is 32.2. The summed E-state index contributed by atoms with van der Waals surface area (Å²) < 4.78 is 0. The van der Waals surface area contributed by atoms with Crippen LogP contribution in [0.2, 0.25) is 0 Å². The topological polar surface area (TPSA) is 70.7 Å². The summed E-state index contributed by atoms with van der Waals surface area (Å²) in [6.07, 6.45) is 2.05. The second-order valence-corrected chi connectivity index (χ2v) is 4.69. The molecule has 0 saturated heterocycles. The first-order chi connectivity index (χ1) is 8.69. The molecule has 18 heavy (non-hydrogen) atoms. The Balaban J connectivity index is 2.04. The van der Waals surface area contributed by atoms with Crippen LogP contribution in [-0.4, -0.2) is 27.3 Å². The molecule has 0 unspecified atom stereocenters. The van der Waals surface area contributed by atoms with E-state index in [-0.39, 0.29) is 5.91 Å². The van der Waals surface area contributed by atoms with E-state index in [1.807, 2.05) is 18.4 Å². The van der Waals surface area contributed by atoms with Crippen molar-refractivity contribution in [1.82, 2.24) is 15.2 Å². The second kappa shape index (κ2) is 5.68. The molecule has 0 radical (unpaired) electrons. The Morgan fingerprint density at radius 1 is 1.39 bits per heavy atom. The lowest BCUT2D eigenvalue weighted by Crippen LogP contribution is -2.12. The van der Waals surface area contributed by atoms with Gasteiger partial charge in [-0.1, -0.05) is 12.1 Å². The summed E-state index contributed by atoms with van der Waals surface area (Å²) in [5.74, 6) is 1.71. The summed E-state index contributed by atoms with van der Waals surface area (Å²) in [6.45, 7) is 1.78. The number of carbonyl (C=O) groups is 1. The maximum absolute atomic E-state index is 11.9. The number of thioether (sulfide) groups is 1. The molecule has 0 atom stereocenters. The van der Waals surface area contributed by atoms with Crippen LogP contribution in [0.15, 0.2) is 24.3 Å². The number of nitrogens with zero attached hydrogens (tertiary/aromatic N) is 2. The van der Waals surface area contributed by atoms with Crippen molar-refractivity contribution in [2.24, 2.45) is 0 Å². The summed E-state index contributed by atoms with van der Waals surface area (Å²) in [7, 11) is 0. The fraction of sp³-hybridized carbons (Fsp3) is 0.250. The van der Waals surface area contributed by atoms with Crippen molar-refractivity contribution in [3.8, 4) is 0 Å². The molecule has 2 N–H and O–H groups in total.